The SMILES string of the molecule is O=C(CC1COCCN1S(=O)(=O)c1ccc2[nH]c(=O)[nH]c(=O)c2c1)c1ccccc1. The van der Waals surface area contributed by atoms with Gasteiger partial charge in [0, 0.05) is 18.5 Å². The molecule has 2 N–H and O–H groups in total. The maximum atomic E-state index is 13.3. The zero-order chi connectivity index (χ0) is 21.3. The lowest BCUT2D eigenvalue weighted by Crippen LogP contribution is -2.49. The largest absolute Gasteiger partial charge is 0.378 e. The third-order valence-electron chi connectivity index (χ3n) is 5.01. The van der Waals surface area contributed by atoms with Gasteiger partial charge in [-0.2, -0.15) is 4.31 Å². The lowest BCUT2D eigenvalue weighted by molar-refractivity contribution is 0.0293. The summed E-state index contributed by atoms with van der Waals surface area (Å²) >= 11 is 0. The minimum Gasteiger partial charge on any atom is -0.378 e. The fourth-order valence-electron chi connectivity index (χ4n) is 3.51. The van der Waals surface area contributed by atoms with Crippen LogP contribution < -0.4 is 11.2 Å². The van der Waals surface area contributed by atoms with Crippen molar-refractivity contribution in [2.24, 2.45) is 0 Å². The van der Waals surface area contributed by atoms with Crippen LogP contribution in [-0.4, -0.2) is 54.3 Å². The summed E-state index contributed by atoms with van der Waals surface area (Å²) < 4.78 is 33.3. The van der Waals surface area contributed by atoms with E-state index in [1.165, 1.54) is 22.5 Å². The van der Waals surface area contributed by atoms with Crippen molar-refractivity contribution in [2.75, 3.05) is 19.8 Å². The minimum absolute atomic E-state index is 0.0231. The van der Waals surface area contributed by atoms with Gasteiger partial charge in [-0.1, -0.05) is 30.3 Å². The van der Waals surface area contributed by atoms with Crippen molar-refractivity contribution in [1.82, 2.24) is 14.3 Å². The number of H-pyrrole nitrogens is 2. The molecule has 1 aliphatic rings. The molecule has 0 aliphatic carbocycles. The highest BCUT2D eigenvalue weighted by atomic mass is 32.2. The van der Waals surface area contributed by atoms with Crippen molar-refractivity contribution in [3.05, 3.63) is 74.9 Å². The van der Waals surface area contributed by atoms with Crippen LogP contribution in [0, 0.1) is 0 Å². The third-order valence-corrected chi connectivity index (χ3v) is 6.96. The Morgan fingerprint density at radius 2 is 1.87 bits per heavy atom. The van der Waals surface area contributed by atoms with Gasteiger partial charge in [-0.3, -0.25) is 14.6 Å². The summed E-state index contributed by atoms with van der Waals surface area (Å²) in [4.78, 5) is 40.6. The number of nitrogens with zero attached hydrogens (tertiary/aromatic N) is 1. The number of carbonyl (C=O) groups is 1. The fourth-order valence-corrected chi connectivity index (χ4v) is 5.13. The van der Waals surface area contributed by atoms with Gasteiger partial charge in [0.2, 0.25) is 10.0 Å². The van der Waals surface area contributed by atoms with Gasteiger partial charge in [0.25, 0.3) is 5.56 Å². The third kappa shape index (κ3) is 3.84. The summed E-state index contributed by atoms with van der Waals surface area (Å²) in [6.07, 6.45) is -0.0231. The van der Waals surface area contributed by atoms with E-state index >= 15 is 0 Å². The molecule has 4 rings (SSSR count). The fraction of sp³-hybridized carbons (Fsp3) is 0.250. The molecule has 2 heterocycles. The number of ketones is 1. The summed E-state index contributed by atoms with van der Waals surface area (Å²) in [5.41, 5.74) is -0.610. The van der Waals surface area contributed by atoms with Crippen LogP contribution in [0.15, 0.2) is 63.0 Å². The molecule has 1 saturated heterocycles. The Morgan fingerprint density at radius 1 is 1.10 bits per heavy atom. The first-order valence-electron chi connectivity index (χ1n) is 9.30. The predicted octanol–water partition coefficient (Wildman–Crippen LogP) is 0.879. The summed E-state index contributed by atoms with van der Waals surface area (Å²) in [6.45, 7) is 0.394. The highest BCUT2D eigenvalue weighted by molar-refractivity contribution is 7.89. The van der Waals surface area contributed by atoms with Gasteiger partial charge >= 0.3 is 5.69 Å². The zero-order valence-corrected chi connectivity index (χ0v) is 16.6. The van der Waals surface area contributed by atoms with E-state index in [4.69, 9.17) is 4.74 Å². The molecule has 156 valence electrons. The number of morpholine rings is 1. The van der Waals surface area contributed by atoms with Crippen LogP contribution in [-0.2, 0) is 14.8 Å². The smallest absolute Gasteiger partial charge is 0.326 e. The average molecular weight is 429 g/mol. The van der Waals surface area contributed by atoms with E-state index in [1.807, 2.05) is 0 Å². The van der Waals surface area contributed by atoms with Crippen LogP contribution in [0.4, 0.5) is 0 Å². The van der Waals surface area contributed by atoms with Crippen LogP contribution in [0.25, 0.3) is 10.9 Å². The number of aromatic amines is 2. The number of hydrogen-bond donors (Lipinski definition) is 2. The molecule has 0 radical (unpaired) electrons. The molecular formula is C20H19N3O6S. The van der Waals surface area contributed by atoms with Crippen molar-refractivity contribution >= 4 is 26.7 Å². The molecule has 1 aliphatic heterocycles. The molecule has 10 heteroatoms. The maximum Gasteiger partial charge on any atom is 0.326 e. The molecule has 9 nitrogen and oxygen atoms in total. The second-order valence-electron chi connectivity index (χ2n) is 6.95. The molecule has 30 heavy (non-hydrogen) atoms. The van der Waals surface area contributed by atoms with Crippen molar-refractivity contribution < 1.29 is 17.9 Å². The number of Topliss-reactive ketones (excluding diaryl/α,β-unsaturated/α-hetero) is 1. The van der Waals surface area contributed by atoms with Crippen molar-refractivity contribution in [3.63, 3.8) is 0 Å². The van der Waals surface area contributed by atoms with Gasteiger partial charge in [0.15, 0.2) is 5.78 Å². The molecule has 1 unspecified atom stereocenters. The average Bonchev–Trinajstić information content (AvgIpc) is 2.74. The topological polar surface area (TPSA) is 129 Å². The molecule has 0 bridgehead atoms. The normalized spacial score (nSPS) is 17.8. The van der Waals surface area contributed by atoms with Crippen LogP contribution in [0.1, 0.15) is 16.8 Å². The number of sulfonamides is 1. The maximum absolute atomic E-state index is 13.3. The second kappa shape index (κ2) is 7.98. The Bertz CT molecular complexity index is 1310. The van der Waals surface area contributed by atoms with Crippen LogP contribution in [0.5, 0.6) is 0 Å². The van der Waals surface area contributed by atoms with Crippen LogP contribution in [0.2, 0.25) is 0 Å². The van der Waals surface area contributed by atoms with Gasteiger partial charge in [-0.15, -0.1) is 0 Å². The molecule has 3 aromatic rings. The number of carbonyl (C=O) groups excluding carboxylic acids is 1. The van der Waals surface area contributed by atoms with E-state index in [1.54, 1.807) is 30.3 Å². The van der Waals surface area contributed by atoms with Crippen molar-refractivity contribution in [2.45, 2.75) is 17.4 Å². The van der Waals surface area contributed by atoms with E-state index in [0.29, 0.717) is 5.56 Å². The van der Waals surface area contributed by atoms with E-state index < -0.39 is 27.3 Å². The molecule has 0 amide bonds. The molecule has 1 atom stereocenters. The quantitative estimate of drug-likeness (QED) is 0.579. The van der Waals surface area contributed by atoms with Crippen LogP contribution in [0.3, 0.4) is 0 Å². The van der Waals surface area contributed by atoms with Gasteiger partial charge in [-0.25, -0.2) is 13.2 Å². The highest BCUT2D eigenvalue weighted by Gasteiger charge is 2.35. The number of hydrogen-bond acceptors (Lipinski definition) is 6. The van der Waals surface area contributed by atoms with Crippen LogP contribution >= 0.6 is 0 Å². The molecular weight excluding hydrogens is 410 g/mol. The number of nitrogens with one attached hydrogen (secondary N) is 2. The Balaban J connectivity index is 1.67. The molecule has 1 aromatic heterocycles. The summed E-state index contributed by atoms with van der Waals surface area (Å²) in [5, 5.41) is 0.0563. The zero-order valence-electron chi connectivity index (χ0n) is 15.8. The Kier molecular flexibility index (Phi) is 5.37. The molecule has 2 aromatic carbocycles. The van der Waals surface area contributed by atoms with E-state index in [2.05, 4.69) is 9.97 Å². The Labute approximate surface area is 171 Å². The summed E-state index contributed by atoms with van der Waals surface area (Å²) in [6, 6.07) is 11.9. The molecule has 0 spiro atoms. The first kappa shape index (κ1) is 20.2. The van der Waals surface area contributed by atoms with Crippen molar-refractivity contribution in [1.29, 1.82) is 0 Å². The first-order chi connectivity index (χ1) is 14.4. The number of rotatable bonds is 5. The standard InChI is InChI=1S/C20H19N3O6S/c24-18(13-4-2-1-3-5-13)10-14-12-29-9-8-23(14)30(27,28)15-6-7-17-16(11-15)19(25)22-20(26)21-17/h1-7,11,14H,8-10,12H2,(H2,21,22,25,26). The number of fused-ring (bicyclic) bond motifs is 1. The number of benzene rings is 2. The Morgan fingerprint density at radius 3 is 2.63 bits per heavy atom. The van der Waals surface area contributed by atoms with Gasteiger partial charge < -0.3 is 9.72 Å². The summed E-state index contributed by atoms with van der Waals surface area (Å²) in [7, 11) is -4.00. The lowest BCUT2D eigenvalue weighted by Gasteiger charge is -2.34. The number of aromatic nitrogens is 2. The monoisotopic (exact) mass is 429 g/mol. The number of ether oxygens (including phenoxy) is 1. The van der Waals surface area contributed by atoms with Crippen molar-refractivity contribution in [3.8, 4) is 0 Å². The highest BCUT2D eigenvalue weighted by Crippen LogP contribution is 2.24. The first-order valence-corrected chi connectivity index (χ1v) is 10.7. The van der Waals surface area contributed by atoms with Gasteiger partial charge in [-0.05, 0) is 18.2 Å². The molecule has 1 fully saturated rings. The van der Waals surface area contributed by atoms with Gasteiger partial charge in [0.05, 0.1) is 35.1 Å². The lowest BCUT2D eigenvalue weighted by atomic mass is 10.0. The molecule has 0 saturated carbocycles. The Hall–Kier alpha value is -3.08. The predicted molar refractivity (Wildman–Crippen MR) is 109 cm³/mol. The van der Waals surface area contributed by atoms with E-state index in [9.17, 15) is 22.8 Å². The minimum atomic E-state index is -4.00. The summed E-state index contributed by atoms with van der Waals surface area (Å²) in [5.74, 6) is -0.182. The van der Waals surface area contributed by atoms with E-state index in [0.717, 1.165) is 0 Å². The van der Waals surface area contributed by atoms with E-state index in [-0.39, 0.29) is 47.8 Å². The second-order valence-corrected chi connectivity index (χ2v) is 8.84. The van der Waals surface area contributed by atoms with Gasteiger partial charge in [0.1, 0.15) is 0 Å².